The van der Waals surface area contributed by atoms with E-state index in [2.05, 4.69) is 9.72 Å². The van der Waals surface area contributed by atoms with Crippen LogP contribution >= 0.6 is 0 Å². The van der Waals surface area contributed by atoms with Gasteiger partial charge in [0.05, 0.1) is 12.0 Å². The van der Waals surface area contributed by atoms with Gasteiger partial charge in [0, 0.05) is 35.9 Å². The van der Waals surface area contributed by atoms with E-state index in [1.165, 1.54) is 25.3 Å². The predicted octanol–water partition coefficient (Wildman–Crippen LogP) is 2.65. The van der Waals surface area contributed by atoms with Crippen LogP contribution in [-0.2, 0) is 6.42 Å². The second-order valence-electron chi connectivity index (χ2n) is 4.27. The summed E-state index contributed by atoms with van der Waals surface area (Å²) in [7, 11) is 1.45. The highest BCUT2D eigenvalue weighted by Gasteiger charge is 2.16. The molecule has 0 amide bonds. The summed E-state index contributed by atoms with van der Waals surface area (Å²) in [6, 6.07) is 7.12. The van der Waals surface area contributed by atoms with Gasteiger partial charge < -0.3 is 14.6 Å². The quantitative estimate of drug-likeness (QED) is 0.391. The topological polar surface area (TPSA) is 112 Å². The van der Waals surface area contributed by atoms with E-state index in [1.54, 1.807) is 18.3 Å². The first kappa shape index (κ1) is 15.2. The summed E-state index contributed by atoms with van der Waals surface area (Å²) in [5, 5.41) is 19.6. The maximum atomic E-state index is 10.9. The van der Waals surface area contributed by atoms with Crippen LogP contribution in [0, 0.1) is 10.1 Å². The highest BCUT2D eigenvalue weighted by atomic mass is 16.7. The number of ether oxygens (including phenoxy) is 2. The van der Waals surface area contributed by atoms with Gasteiger partial charge >= 0.3 is 6.16 Å². The Balaban J connectivity index is 2.44. The van der Waals surface area contributed by atoms with Gasteiger partial charge in [0.15, 0.2) is 0 Å². The molecule has 0 aliphatic carbocycles. The van der Waals surface area contributed by atoms with Gasteiger partial charge in [-0.3, -0.25) is 10.1 Å². The van der Waals surface area contributed by atoms with Gasteiger partial charge in [0.25, 0.3) is 5.69 Å². The molecule has 0 bridgehead atoms. The van der Waals surface area contributed by atoms with Crippen LogP contribution < -0.4 is 9.47 Å². The number of methoxy groups -OCH3 is 1. The predicted molar refractivity (Wildman–Crippen MR) is 75.3 cm³/mol. The van der Waals surface area contributed by atoms with Crippen LogP contribution in [0.4, 0.5) is 10.5 Å². The lowest BCUT2D eigenvalue weighted by molar-refractivity contribution is -0.384. The molecule has 22 heavy (non-hydrogen) atoms. The molecule has 0 aliphatic heterocycles. The molecule has 1 aromatic carbocycles. The first-order valence-corrected chi connectivity index (χ1v) is 6.17. The molecule has 0 fully saturated rings. The molecule has 114 valence electrons. The van der Waals surface area contributed by atoms with Crippen molar-refractivity contribution in [3.63, 3.8) is 0 Å². The van der Waals surface area contributed by atoms with E-state index in [0.29, 0.717) is 17.0 Å². The summed E-state index contributed by atoms with van der Waals surface area (Å²) in [4.78, 5) is 25.1. The third-order valence-electron chi connectivity index (χ3n) is 2.88. The second kappa shape index (κ2) is 6.53. The molecule has 0 radical (unpaired) electrons. The van der Waals surface area contributed by atoms with Crippen LogP contribution in [0.5, 0.6) is 11.6 Å². The minimum atomic E-state index is -1.49. The molecule has 0 atom stereocenters. The zero-order valence-corrected chi connectivity index (χ0v) is 11.6. The lowest BCUT2D eigenvalue weighted by Crippen LogP contribution is -2.06. The lowest BCUT2D eigenvalue weighted by atomic mass is 10.0. The third-order valence-corrected chi connectivity index (χ3v) is 2.88. The Labute approximate surface area is 125 Å². The highest BCUT2D eigenvalue weighted by molar-refractivity contribution is 5.63. The fourth-order valence-electron chi connectivity index (χ4n) is 1.96. The lowest BCUT2D eigenvalue weighted by Gasteiger charge is -2.10. The normalized spacial score (nSPS) is 10.0. The SMILES string of the molecule is COc1ncccc1Cc1cc([N+](=O)[O-])ccc1OC(=O)O. The molecular formula is C14H12N2O6. The van der Waals surface area contributed by atoms with Crippen molar-refractivity contribution in [3.8, 4) is 11.6 Å². The molecule has 0 unspecified atom stereocenters. The minimum absolute atomic E-state index is 0.0315. The second-order valence-corrected chi connectivity index (χ2v) is 4.27. The molecule has 0 saturated carbocycles. The van der Waals surface area contributed by atoms with Crippen molar-refractivity contribution in [2.75, 3.05) is 7.11 Å². The Morgan fingerprint density at radius 3 is 2.77 bits per heavy atom. The standard InChI is InChI=1S/C14H12N2O6/c1-21-13-9(3-2-6-15-13)7-10-8-11(16(19)20)4-5-12(10)22-14(17)18/h2-6,8H,7H2,1H3,(H,17,18). The number of carbonyl (C=O) groups is 1. The summed E-state index contributed by atoms with van der Waals surface area (Å²) in [6.07, 6.45) is 0.236. The van der Waals surface area contributed by atoms with Crippen molar-refractivity contribution in [2.45, 2.75) is 6.42 Å². The molecule has 0 aliphatic rings. The smallest absolute Gasteiger partial charge is 0.481 e. The molecule has 8 nitrogen and oxygen atoms in total. The molecule has 0 spiro atoms. The number of nitrogens with zero attached hydrogens (tertiary/aromatic N) is 2. The van der Waals surface area contributed by atoms with Gasteiger partial charge in [0.1, 0.15) is 5.75 Å². The molecule has 2 aromatic rings. The van der Waals surface area contributed by atoms with E-state index in [-0.39, 0.29) is 17.9 Å². The molecular weight excluding hydrogens is 292 g/mol. The highest BCUT2D eigenvalue weighted by Crippen LogP contribution is 2.28. The van der Waals surface area contributed by atoms with E-state index in [1.807, 2.05) is 0 Å². The number of aromatic nitrogens is 1. The van der Waals surface area contributed by atoms with Crippen LogP contribution in [0.25, 0.3) is 0 Å². The van der Waals surface area contributed by atoms with Crippen molar-refractivity contribution in [1.82, 2.24) is 4.98 Å². The van der Waals surface area contributed by atoms with Crippen molar-refractivity contribution in [2.24, 2.45) is 0 Å². The summed E-state index contributed by atoms with van der Waals surface area (Å²) in [5.74, 6) is 0.388. The van der Waals surface area contributed by atoms with Crippen LogP contribution in [0.2, 0.25) is 0 Å². The maximum Gasteiger partial charge on any atom is 0.511 e. The Hall–Kier alpha value is -3.16. The van der Waals surface area contributed by atoms with Crippen molar-refractivity contribution >= 4 is 11.8 Å². The zero-order valence-electron chi connectivity index (χ0n) is 11.6. The Morgan fingerprint density at radius 1 is 1.36 bits per heavy atom. The Morgan fingerprint density at radius 2 is 2.14 bits per heavy atom. The third kappa shape index (κ3) is 3.48. The minimum Gasteiger partial charge on any atom is -0.481 e. The zero-order chi connectivity index (χ0) is 16.1. The molecule has 8 heteroatoms. The average molecular weight is 304 g/mol. The van der Waals surface area contributed by atoms with Crippen LogP contribution in [0.15, 0.2) is 36.5 Å². The van der Waals surface area contributed by atoms with Crippen LogP contribution in [0.1, 0.15) is 11.1 Å². The summed E-state index contributed by atoms with van der Waals surface area (Å²) in [6.45, 7) is 0. The van der Waals surface area contributed by atoms with Gasteiger partial charge in [-0.05, 0) is 12.1 Å². The van der Waals surface area contributed by atoms with Crippen molar-refractivity contribution in [1.29, 1.82) is 0 Å². The molecule has 0 saturated heterocycles. The van der Waals surface area contributed by atoms with Crippen LogP contribution in [-0.4, -0.2) is 28.3 Å². The number of carboxylic acid groups (broad SMARTS) is 1. The maximum absolute atomic E-state index is 10.9. The van der Waals surface area contributed by atoms with Gasteiger partial charge in [-0.1, -0.05) is 6.07 Å². The van der Waals surface area contributed by atoms with Crippen molar-refractivity contribution < 1.29 is 24.3 Å². The average Bonchev–Trinajstić information content (AvgIpc) is 2.49. The Bertz CT molecular complexity index is 716. The first-order chi connectivity index (χ1) is 10.5. The summed E-state index contributed by atoms with van der Waals surface area (Å²) in [5.41, 5.74) is 0.847. The summed E-state index contributed by atoms with van der Waals surface area (Å²) < 4.78 is 9.77. The first-order valence-electron chi connectivity index (χ1n) is 6.17. The number of nitro groups is 1. The fourth-order valence-corrected chi connectivity index (χ4v) is 1.96. The van der Waals surface area contributed by atoms with E-state index in [0.717, 1.165) is 0 Å². The van der Waals surface area contributed by atoms with E-state index in [9.17, 15) is 14.9 Å². The number of nitro benzene ring substituents is 1. The number of non-ortho nitro benzene ring substituents is 1. The van der Waals surface area contributed by atoms with E-state index < -0.39 is 11.1 Å². The van der Waals surface area contributed by atoms with Gasteiger partial charge in [-0.2, -0.15) is 0 Å². The largest absolute Gasteiger partial charge is 0.511 e. The number of pyridine rings is 1. The number of hydrogen-bond donors (Lipinski definition) is 1. The number of rotatable bonds is 5. The monoisotopic (exact) mass is 304 g/mol. The Kier molecular flexibility index (Phi) is 4.52. The van der Waals surface area contributed by atoms with Crippen LogP contribution in [0.3, 0.4) is 0 Å². The summed E-state index contributed by atoms with van der Waals surface area (Å²) >= 11 is 0. The van der Waals surface area contributed by atoms with E-state index >= 15 is 0 Å². The number of benzene rings is 1. The van der Waals surface area contributed by atoms with Gasteiger partial charge in [0.2, 0.25) is 5.88 Å². The number of hydrogen-bond acceptors (Lipinski definition) is 6. The van der Waals surface area contributed by atoms with Crippen molar-refractivity contribution in [3.05, 3.63) is 57.8 Å². The molecule has 1 heterocycles. The fraction of sp³-hybridized carbons (Fsp3) is 0.143. The molecule has 1 N–H and O–H groups in total. The van der Waals surface area contributed by atoms with Gasteiger partial charge in [-0.15, -0.1) is 0 Å². The molecule has 1 aromatic heterocycles. The van der Waals surface area contributed by atoms with Gasteiger partial charge in [-0.25, -0.2) is 9.78 Å². The molecule has 2 rings (SSSR count). The van der Waals surface area contributed by atoms with E-state index in [4.69, 9.17) is 9.84 Å².